The minimum absolute atomic E-state index is 0.0281. The standard InChI is InChI=1S/C20H21NO4/c1-14-12-21(13-18(25-14)15-6-3-2-4-7-15)20(22)16-8-5-9-17-19(16)24-11-10-23-17/h2-9,14,18H,10-13H2,1H3/t14-,18+/m1/s1. The summed E-state index contributed by atoms with van der Waals surface area (Å²) in [7, 11) is 0. The van der Waals surface area contributed by atoms with E-state index >= 15 is 0 Å². The number of carbonyl (C=O) groups is 1. The predicted molar refractivity (Wildman–Crippen MR) is 93.1 cm³/mol. The molecule has 2 aromatic carbocycles. The van der Waals surface area contributed by atoms with Crippen molar-refractivity contribution in [2.24, 2.45) is 0 Å². The Labute approximate surface area is 147 Å². The number of nitrogens with zero attached hydrogens (tertiary/aromatic N) is 1. The van der Waals surface area contributed by atoms with Gasteiger partial charge in [0, 0.05) is 6.54 Å². The van der Waals surface area contributed by atoms with Crippen LogP contribution in [0.2, 0.25) is 0 Å². The molecule has 5 heteroatoms. The minimum Gasteiger partial charge on any atom is -0.486 e. The van der Waals surface area contributed by atoms with Gasteiger partial charge in [-0.3, -0.25) is 4.79 Å². The summed E-state index contributed by atoms with van der Waals surface area (Å²) < 4.78 is 17.3. The van der Waals surface area contributed by atoms with E-state index in [-0.39, 0.29) is 18.1 Å². The molecule has 0 bridgehead atoms. The summed E-state index contributed by atoms with van der Waals surface area (Å²) in [6.07, 6.45) is -0.148. The second-order valence-corrected chi connectivity index (χ2v) is 6.39. The topological polar surface area (TPSA) is 48.0 Å². The molecule has 1 amide bonds. The molecule has 5 nitrogen and oxygen atoms in total. The lowest BCUT2D eigenvalue weighted by Gasteiger charge is -2.37. The van der Waals surface area contributed by atoms with E-state index in [1.807, 2.05) is 54.3 Å². The molecule has 1 fully saturated rings. The zero-order valence-corrected chi connectivity index (χ0v) is 14.2. The number of hydrogen-bond donors (Lipinski definition) is 0. The Morgan fingerprint density at radius 3 is 2.64 bits per heavy atom. The highest BCUT2D eigenvalue weighted by molar-refractivity contribution is 5.98. The molecule has 0 N–H and O–H groups in total. The van der Waals surface area contributed by atoms with Crippen molar-refractivity contribution in [2.45, 2.75) is 19.1 Å². The number of fused-ring (bicyclic) bond motifs is 1. The van der Waals surface area contributed by atoms with Crippen molar-refractivity contribution < 1.29 is 19.0 Å². The Bertz CT molecular complexity index is 762. The molecule has 2 atom stereocenters. The molecule has 1 saturated heterocycles. The van der Waals surface area contributed by atoms with E-state index in [1.54, 1.807) is 6.07 Å². The van der Waals surface area contributed by atoms with Crippen LogP contribution >= 0.6 is 0 Å². The zero-order chi connectivity index (χ0) is 17.2. The van der Waals surface area contributed by atoms with Gasteiger partial charge in [0.2, 0.25) is 0 Å². The van der Waals surface area contributed by atoms with Crippen molar-refractivity contribution in [1.82, 2.24) is 4.90 Å². The van der Waals surface area contributed by atoms with Crippen molar-refractivity contribution >= 4 is 5.91 Å². The van der Waals surface area contributed by atoms with Crippen LogP contribution < -0.4 is 9.47 Å². The molecule has 2 aromatic rings. The van der Waals surface area contributed by atoms with Gasteiger partial charge in [0.15, 0.2) is 11.5 Å². The SMILES string of the molecule is C[C@@H]1CN(C(=O)c2cccc3c2OCCO3)C[C@@H](c2ccccc2)O1. The van der Waals surface area contributed by atoms with Gasteiger partial charge in [0.05, 0.1) is 18.2 Å². The van der Waals surface area contributed by atoms with Crippen LogP contribution in [0.1, 0.15) is 28.9 Å². The predicted octanol–water partition coefficient (Wildman–Crippen LogP) is 3.06. The lowest BCUT2D eigenvalue weighted by molar-refractivity contribution is -0.0692. The van der Waals surface area contributed by atoms with Crippen LogP contribution in [0.4, 0.5) is 0 Å². The Hall–Kier alpha value is -2.53. The number of carbonyl (C=O) groups excluding carboxylic acids is 1. The Balaban J connectivity index is 1.60. The lowest BCUT2D eigenvalue weighted by Crippen LogP contribution is -2.46. The number of ether oxygens (including phenoxy) is 3. The maximum Gasteiger partial charge on any atom is 0.257 e. The van der Waals surface area contributed by atoms with E-state index in [9.17, 15) is 4.79 Å². The summed E-state index contributed by atoms with van der Waals surface area (Å²) in [6.45, 7) is 4.05. The highest BCUT2D eigenvalue weighted by Gasteiger charge is 2.32. The third kappa shape index (κ3) is 3.20. The first-order chi connectivity index (χ1) is 12.2. The molecular weight excluding hydrogens is 318 g/mol. The van der Waals surface area contributed by atoms with Gasteiger partial charge in [-0.25, -0.2) is 0 Å². The highest BCUT2D eigenvalue weighted by Crippen LogP contribution is 2.35. The van der Waals surface area contributed by atoms with Crippen molar-refractivity contribution in [1.29, 1.82) is 0 Å². The smallest absolute Gasteiger partial charge is 0.257 e. The van der Waals surface area contributed by atoms with Crippen LogP contribution in [-0.2, 0) is 4.74 Å². The number of hydrogen-bond acceptors (Lipinski definition) is 4. The van der Waals surface area contributed by atoms with Crippen LogP contribution in [0.3, 0.4) is 0 Å². The molecule has 130 valence electrons. The van der Waals surface area contributed by atoms with E-state index in [0.717, 1.165) is 5.56 Å². The number of para-hydroxylation sites is 1. The van der Waals surface area contributed by atoms with Crippen LogP contribution in [-0.4, -0.2) is 43.2 Å². The second-order valence-electron chi connectivity index (χ2n) is 6.39. The fraction of sp³-hybridized carbons (Fsp3) is 0.350. The van der Waals surface area contributed by atoms with Crippen LogP contribution in [0.5, 0.6) is 11.5 Å². The summed E-state index contributed by atoms with van der Waals surface area (Å²) >= 11 is 0. The highest BCUT2D eigenvalue weighted by atomic mass is 16.6. The largest absolute Gasteiger partial charge is 0.486 e. The summed E-state index contributed by atoms with van der Waals surface area (Å²) in [6, 6.07) is 15.5. The summed E-state index contributed by atoms with van der Waals surface area (Å²) in [4.78, 5) is 15.0. The lowest BCUT2D eigenvalue weighted by atomic mass is 10.0. The van der Waals surface area contributed by atoms with Gasteiger partial charge in [-0.15, -0.1) is 0 Å². The molecule has 25 heavy (non-hydrogen) atoms. The monoisotopic (exact) mass is 339 g/mol. The third-order valence-corrected chi connectivity index (χ3v) is 4.52. The molecule has 0 aromatic heterocycles. The van der Waals surface area contributed by atoms with Gasteiger partial charge in [0.1, 0.15) is 19.3 Å². The first kappa shape index (κ1) is 16.0. The molecule has 2 aliphatic rings. The van der Waals surface area contributed by atoms with Gasteiger partial charge in [-0.2, -0.15) is 0 Å². The van der Waals surface area contributed by atoms with Gasteiger partial charge in [-0.05, 0) is 24.6 Å². The van der Waals surface area contributed by atoms with Gasteiger partial charge < -0.3 is 19.1 Å². The van der Waals surface area contributed by atoms with Crippen molar-refractivity contribution in [2.75, 3.05) is 26.3 Å². The molecule has 4 rings (SSSR count). The van der Waals surface area contributed by atoms with Crippen molar-refractivity contribution in [3.05, 3.63) is 59.7 Å². The molecule has 0 unspecified atom stereocenters. The van der Waals surface area contributed by atoms with Gasteiger partial charge >= 0.3 is 0 Å². The zero-order valence-electron chi connectivity index (χ0n) is 14.2. The molecular formula is C20H21NO4. The van der Waals surface area contributed by atoms with Gasteiger partial charge in [0.25, 0.3) is 5.91 Å². The molecule has 0 saturated carbocycles. The van der Waals surface area contributed by atoms with E-state index in [1.165, 1.54) is 0 Å². The number of benzene rings is 2. The van der Waals surface area contributed by atoms with Crippen LogP contribution in [0.25, 0.3) is 0 Å². The van der Waals surface area contributed by atoms with E-state index in [0.29, 0.717) is 43.4 Å². The Kier molecular flexibility index (Phi) is 4.32. The Morgan fingerprint density at radius 2 is 1.80 bits per heavy atom. The fourth-order valence-corrected chi connectivity index (χ4v) is 3.38. The van der Waals surface area contributed by atoms with E-state index in [2.05, 4.69) is 0 Å². The number of morpholine rings is 1. The quantitative estimate of drug-likeness (QED) is 0.844. The fourth-order valence-electron chi connectivity index (χ4n) is 3.38. The molecule has 0 aliphatic carbocycles. The van der Waals surface area contributed by atoms with Crippen LogP contribution in [0, 0.1) is 0 Å². The van der Waals surface area contributed by atoms with Gasteiger partial charge in [-0.1, -0.05) is 36.4 Å². The normalized spacial score (nSPS) is 22.5. The molecule has 0 spiro atoms. The first-order valence-electron chi connectivity index (χ1n) is 8.60. The number of rotatable bonds is 2. The van der Waals surface area contributed by atoms with Crippen molar-refractivity contribution in [3.8, 4) is 11.5 Å². The third-order valence-electron chi connectivity index (χ3n) is 4.52. The summed E-state index contributed by atoms with van der Waals surface area (Å²) in [5.41, 5.74) is 1.64. The molecule has 0 radical (unpaired) electrons. The first-order valence-corrected chi connectivity index (χ1v) is 8.60. The van der Waals surface area contributed by atoms with Crippen LogP contribution in [0.15, 0.2) is 48.5 Å². The van der Waals surface area contributed by atoms with Crippen molar-refractivity contribution in [3.63, 3.8) is 0 Å². The Morgan fingerprint density at radius 1 is 1.00 bits per heavy atom. The molecule has 2 aliphatic heterocycles. The molecule has 2 heterocycles. The average Bonchev–Trinajstić information content (AvgIpc) is 2.67. The summed E-state index contributed by atoms with van der Waals surface area (Å²) in [5, 5.41) is 0. The second kappa shape index (κ2) is 6.76. The maximum atomic E-state index is 13.1. The average molecular weight is 339 g/mol. The number of amides is 1. The van der Waals surface area contributed by atoms with E-state index in [4.69, 9.17) is 14.2 Å². The van der Waals surface area contributed by atoms with E-state index < -0.39 is 0 Å². The maximum absolute atomic E-state index is 13.1. The summed E-state index contributed by atoms with van der Waals surface area (Å²) in [5.74, 6) is 1.14. The minimum atomic E-state index is -0.120.